The second-order valence-electron chi connectivity index (χ2n) is 0.526. The summed E-state index contributed by atoms with van der Waals surface area (Å²) >= 11 is 0. The summed E-state index contributed by atoms with van der Waals surface area (Å²) in [6, 6.07) is 0. The molecule has 0 bridgehead atoms. The monoisotopic (exact) mass is 72.0 g/mol. The van der Waals surface area contributed by atoms with Gasteiger partial charge in [0.1, 0.15) is 0 Å². The van der Waals surface area contributed by atoms with Gasteiger partial charge in [0.2, 0.25) is 0 Å². The third-order valence-corrected chi connectivity index (χ3v) is 0.577. The van der Waals surface area contributed by atoms with Gasteiger partial charge in [0.15, 0.2) is 0 Å². The van der Waals surface area contributed by atoms with Gasteiger partial charge in [0.25, 0.3) is 0 Å². The van der Waals surface area contributed by atoms with Crippen molar-refractivity contribution >= 4 is 21.9 Å². The van der Waals surface area contributed by atoms with Crippen molar-refractivity contribution in [3.63, 3.8) is 0 Å². The van der Waals surface area contributed by atoms with Crippen molar-refractivity contribution in [3.05, 3.63) is 0 Å². The van der Waals surface area contributed by atoms with Crippen molar-refractivity contribution in [1.29, 1.82) is 0 Å². The number of rotatable bonds is 0. The van der Waals surface area contributed by atoms with E-state index in [-0.39, 0.29) is 0 Å². The van der Waals surface area contributed by atoms with Crippen molar-refractivity contribution in [1.82, 2.24) is 0 Å². The Morgan fingerprint density at radius 2 is 2.25 bits per heavy atom. The fourth-order valence-corrected chi connectivity index (χ4v) is 0. The summed E-state index contributed by atoms with van der Waals surface area (Å²) in [7, 11) is 2.47. The topological polar surface area (TPSA) is 0 Å². The SMILES string of the molecule is CB=CP. The van der Waals surface area contributed by atoms with E-state index in [0.717, 1.165) is 0 Å². The molecule has 22 valence electrons. The molecule has 0 aromatic rings. The van der Waals surface area contributed by atoms with Gasteiger partial charge in [-0.1, -0.05) is 0 Å². The first-order chi connectivity index (χ1) is 1.91. The summed E-state index contributed by atoms with van der Waals surface area (Å²) in [5.41, 5.74) is 1.92. The van der Waals surface area contributed by atoms with Crippen LogP contribution >= 0.6 is 9.24 Å². The van der Waals surface area contributed by atoms with Gasteiger partial charge in [0, 0.05) is 0 Å². The summed E-state index contributed by atoms with van der Waals surface area (Å²) in [4.78, 5) is 0. The van der Waals surface area contributed by atoms with Gasteiger partial charge in [-0.25, -0.2) is 0 Å². The molecule has 2 heteroatoms. The number of hydrogen-bond acceptors (Lipinski definition) is 0. The average molecular weight is 71.9 g/mol. The standard InChI is InChI=1S/C2H6BP/c1-3-2-4/h2H,4H2,1H3. The molecule has 0 aliphatic carbocycles. The average Bonchev–Trinajstić information content (AvgIpc) is 1.37. The van der Waals surface area contributed by atoms with Gasteiger partial charge in [0.05, 0.1) is 0 Å². The third kappa shape index (κ3) is 2.36. The van der Waals surface area contributed by atoms with E-state index in [1.165, 1.54) is 0 Å². The summed E-state index contributed by atoms with van der Waals surface area (Å²) in [5.74, 6) is 0. The molecule has 0 aliphatic rings. The van der Waals surface area contributed by atoms with E-state index >= 15 is 0 Å². The van der Waals surface area contributed by atoms with Crippen LogP contribution in [0.25, 0.3) is 0 Å². The third-order valence-electron chi connectivity index (χ3n) is 0.192. The summed E-state index contributed by atoms with van der Waals surface area (Å²) < 4.78 is 0. The Kier molecular flexibility index (Phi) is 3.67. The van der Waals surface area contributed by atoms with Crippen molar-refractivity contribution in [2.24, 2.45) is 0 Å². The van der Waals surface area contributed by atoms with Crippen molar-refractivity contribution < 1.29 is 0 Å². The molecule has 1 unspecified atom stereocenters. The van der Waals surface area contributed by atoms with E-state index in [4.69, 9.17) is 0 Å². The van der Waals surface area contributed by atoms with Gasteiger partial charge in [-0.15, -0.1) is 0 Å². The van der Waals surface area contributed by atoms with E-state index in [0.29, 0.717) is 0 Å². The molecule has 0 fully saturated rings. The summed E-state index contributed by atoms with van der Waals surface area (Å²) in [5, 5.41) is 0. The van der Waals surface area contributed by atoms with Crippen molar-refractivity contribution in [2.75, 3.05) is 0 Å². The fraction of sp³-hybridized carbons (Fsp3) is 0.500. The van der Waals surface area contributed by atoms with Crippen LogP contribution in [0.4, 0.5) is 0 Å². The zero-order valence-corrected chi connectivity index (χ0v) is 3.89. The second-order valence-corrected chi connectivity index (χ2v) is 0.911. The first-order valence-electron chi connectivity index (χ1n) is 1.24. The summed E-state index contributed by atoms with van der Waals surface area (Å²) in [6.07, 6.45) is 0. The molecule has 0 aliphatic heterocycles. The molecule has 0 nitrogen and oxygen atoms in total. The van der Waals surface area contributed by atoms with Crippen LogP contribution in [0.3, 0.4) is 0 Å². The molecule has 0 N–H and O–H groups in total. The van der Waals surface area contributed by atoms with Crippen LogP contribution in [-0.4, -0.2) is 12.6 Å². The molecule has 0 saturated heterocycles. The quantitative estimate of drug-likeness (QED) is 0.286. The Morgan fingerprint density at radius 3 is 2.25 bits per heavy atom. The maximum atomic E-state index is 2.47. The van der Waals surface area contributed by atoms with Gasteiger partial charge in [-0.3, -0.25) is 0 Å². The predicted molar refractivity (Wildman–Crippen MR) is 27.4 cm³/mol. The zero-order valence-electron chi connectivity index (χ0n) is 2.73. The molecule has 0 rings (SSSR count). The van der Waals surface area contributed by atoms with E-state index in [2.05, 4.69) is 9.24 Å². The summed E-state index contributed by atoms with van der Waals surface area (Å²) in [6.45, 7) is 3.94. The van der Waals surface area contributed by atoms with Gasteiger partial charge >= 0.3 is 28.7 Å². The Morgan fingerprint density at radius 1 is 2.00 bits per heavy atom. The van der Waals surface area contributed by atoms with Crippen LogP contribution in [0.2, 0.25) is 6.82 Å². The molecule has 0 amide bonds. The zero-order chi connectivity index (χ0) is 3.41. The molecule has 0 aromatic carbocycles. The predicted octanol–water partition coefficient (Wildman–Crippen LogP) is 0.373. The van der Waals surface area contributed by atoms with E-state index in [1.807, 2.05) is 19.5 Å². The van der Waals surface area contributed by atoms with E-state index in [9.17, 15) is 0 Å². The van der Waals surface area contributed by atoms with Gasteiger partial charge < -0.3 is 0 Å². The van der Waals surface area contributed by atoms with E-state index in [1.54, 1.807) is 0 Å². The Bertz CT molecular complexity index is 21.2. The van der Waals surface area contributed by atoms with Crippen molar-refractivity contribution in [2.45, 2.75) is 6.82 Å². The molecule has 0 spiro atoms. The molecular formula is C2H6BP. The first-order valence-corrected chi connectivity index (χ1v) is 1.91. The maximum absolute atomic E-state index is 2.47. The Hall–Kier alpha value is 0.365. The molecule has 0 heterocycles. The Balaban J connectivity index is 2.55. The van der Waals surface area contributed by atoms with Crippen LogP contribution < -0.4 is 0 Å². The molecule has 0 saturated carbocycles. The molecular weight excluding hydrogens is 65.8 g/mol. The van der Waals surface area contributed by atoms with Gasteiger partial charge in [-0.05, 0) is 0 Å². The van der Waals surface area contributed by atoms with Gasteiger partial charge in [-0.2, -0.15) is 0 Å². The minimum absolute atomic E-state index is 1.92. The molecule has 0 aromatic heterocycles. The van der Waals surface area contributed by atoms with Crippen LogP contribution in [-0.2, 0) is 0 Å². The van der Waals surface area contributed by atoms with E-state index < -0.39 is 0 Å². The van der Waals surface area contributed by atoms with Crippen LogP contribution in [0.5, 0.6) is 0 Å². The van der Waals surface area contributed by atoms with Crippen molar-refractivity contribution in [3.8, 4) is 0 Å². The Labute approximate surface area is 29.7 Å². The molecule has 4 heavy (non-hydrogen) atoms. The van der Waals surface area contributed by atoms with Crippen LogP contribution in [0, 0.1) is 0 Å². The number of hydrogen-bond donors (Lipinski definition) is 0. The first kappa shape index (κ1) is 4.36. The normalized spacial score (nSPS) is 7.50. The van der Waals surface area contributed by atoms with Crippen LogP contribution in [0.15, 0.2) is 0 Å². The molecule has 0 radical (unpaired) electrons. The minimum atomic E-state index is 1.92. The fourth-order valence-electron chi connectivity index (χ4n) is 0. The second kappa shape index (κ2) is 3.36. The molecule has 1 atom stereocenters. The van der Waals surface area contributed by atoms with Crippen LogP contribution in [0.1, 0.15) is 0 Å².